The van der Waals surface area contributed by atoms with Crippen molar-refractivity contribution in [1.29, 1.82) is 0 Å². The summed E-state index contributed by atoms with van der Waals surface area (Å²) in [7, 11) is 0. The Balaban J connectivity index is 1.74. The van der Waals surface area contributed by atoms with Crippen LogP contribution in [0.4, 0.5) is 16.0 Å². The predicted octanol–water partition coefficient (Wildman–Crippen LogP) is 1.86. The molecule has 3 aromatic rings. The maximum atomic E-state index is 13.0. The van der Waals surface area contributed by atoms with E-state index < -0.39 is 12.1 Å². The molecule has 3 heterocycles. The molecule has 8 heteroatoms. The number of anilines is 2. The van der Waals surface area contributed by atoms with E-state index in [1.807, 2.05) is 0 Å². The van der Waals surface area contributed by atoms with Gasteiger partial charge in [-0.05, 0) is 36.1 Å². The van der Waals surface area contributed by atoms with E-state index in [1.165, 1.54) is 12.4 Å². The second-order valence-electron chi connectivity index (χ2n) is 5.94. The van der Waals surface area contributed by atoms with Crippen LogP contribution in [-0.2, 0) is 4.79 Å². The summed E-state index contributed by atoms with van der Waals surface area (Å²) in [6.07, 6.45) is 2.20. The van der Waals surface area contributed by atoms with Crippen LogP contribution in [0.3, 0.4) is 0 Å². The Morgan fingerprint density at radius 1 is 1.40 bits per heavy atom. The number of amides is 1. The fraction of sp³-hybridized carbons (Fsp3) is 0.176. The van der Waals surface area contributed by atoms with E-state index in [4.69, 9.17) is 5.73 Å². The van der Waals surface area contributed by atoms with Crippen molar-refractivity contribution >= 4 is 28.3 Å². The van der Waals surface area contributed by atoms with Gasteiger partial charge in [0.15, 0.2) is 0 Å². The molecule has 0 radical (unpaired) electrons. The summed E-state index contributed by atoms with van der Waals surface area (Å²) in [6.45, 7) is 0. The lowest BCUT2D eigenvalue weighted by atomic mass is 10.1. The average Bonchev–Trinajstić information content (AvgIpc) is 3.32. The zero-order valence-corrected chi connectivity index (χ0v) is 13.0. The summed E-state index contributed by atoms with van der Waals surface area (Å²) >= 11 is 0. The van der Waals surface area contributed by atoms with Crippen LogP contribution < -0.4 is 16.6 Å². The van der Waals surface area contributed by atoms with E-state index in [1.54, 1.807) is 24.3 Å². The number of nitrogens with one attached hydrogen (secondary N) is 2. The molecule has 1 aliphatic rings. The Bertz CT molecular complexity index is 1050. The smallest absolute Gasteiger partial charge is 0.257 e. The molecule has 0 bridgehead atoms. The van der Waals surface area contributed by atoms with Crippen molar-refractivity contribution in [2.75, 3.05) is 11.1 Å². The van der Waals surface area contributed by atoms with E-state index in [0.717, 1.165) is 0 Å². The Hall–Kier alpha value is -3.29. The first-order valence-electron chi connectivity index (χ1n) is 7.72. The maximum Gasteiger partial charge on any atom is 0.257 e. The molecule has 1 fully saturated rings. The number of carbonyl (C=O) groups is 1. The molecule has 1 amide bonds. The number of halogens is 1. The largest absolute Gasteiger partial charge is 0.383 e. The van der Waals surface area contributed by atoms with Crippen molar-refractivity contribution in [2.45, 2.75) is 12.6 Å². The summed E-state index contributed by atoms with van der Waals surface area (Å²) in [5, 5.41) is 3.87. The van der Waals surface area contributed by atoms with Gasteiger partial charge in [0.1, 0.15) is 17.8 Å². The first-order valence-corrected chi connectivity index (χ1v) is 7.72. The van der Waals surface area contributed by atoms with Crippen LogP contribution in [0.25, 0.3) is 22.0 Å². The van der Waals surface area contributed by atoms with Gasteiger partial charge in [-0.3, -0.25) is 9.59 Å². The third-order valence-corrected chi connectivity index (χ3v) is 4.14. The maximum absolute atomic E-state index is 13.0. The Labute approximate surface area is 141 Å². The van der Waals surface area contributed by atoms with Crippen molar-refractivity contribution < 1.29 is 9.18 Å². The van der Waals surface area contributed by atoms with Gasteiger partial charge in [0.25, 0.3) is 5.56 Å². The summed E-state index contributed by atoms with van der Waals surface area (Å²) in [4.78, 5) is 34.8. The number of alkyl halides is 1. The summed E-state index contributed by atoms with van der Waals surface area (Å²) < 4.78 is 13.0. The number of nitrogens with zero attached hydrogens (tertiary/aromatic N) is 2. The van der Waals surface area contributed by atoms with Gasteiger partial charge in [-0.25, -0.2) is 14.4 Å². The number of pyridine rings is 3. The van der Waals surface area contributed by atoms with Crippen molar-refractivity contribution in [3.63, 3.8) is 0 Å². The van der Waals surface area contributed by atoms with E-state index in [0.29, 0.717) is 27.8 Å². The van der Waals surface area contributed by atoms with Crippen LogP contribution in [0.1, 0.15) is 6.42 Å². The van der Waals surface area contributed by atoms with E-state index in [2.05, 4.69) is 20.3 Å². The van der Waals surface area contributed by atoms with Gasteiger partial charge >= 0.3 is 0 Å². The molecule has 25 heavy (non-hydrogen) atoms. The lowest BCUT2D eigenvalue weighted by Crippen LogP contribution is -2.15. The summed E-state index contributed by atoms with van der Waals surface area (Å²) in [5.74, 6) is -0.457. The van der Waals surface area contributed by atoms with E-state index >= 15 is 0 Å². The Morgan fingerprint density at radius 2 is 2.20 bits per heavy atom. The summed E-state index contributed by atoms with van der Waals surface area (Å²) in [6, 6.07) is 6.66. The molecule has 0 unspecified atom stereocenters. The molecule has 4 N–H and O–H groups in total. The number of hydrogen-bond acceptors (Lipinski definition) is 5. The molecule has 0 spiro atoms. The number of rotatable bonds is 3. The van der Waals surface area contributed by atoms with Gasteiger partial charge in [-0.15, -0.1) is 0 Å². The number of hydrogen-bond donors (Lipinski definition) is 3. The van der Waals surface area contributed by atoms with Crippen LogP contribution in [0, 0.1) is 5.92 Å². The fourth-order valence-corrected chi connectivity index (χ4v) is 2.66. The fourth-order valence-electron chi connectivity index (χ4n) is 2.66. The molecule has 4 rings (SSSR count). The standard InChI is InChI=1S/C17H14FN5O2/c18-12-6-10(12)17(25)23-14-5-8-4-13(9-2-1-3-20-16(9)24)22-15(19)11(8)7-21-14/h1-5,7,10,12H,6H2,(H2,19,22)(H,20,24)(H,21,23,25)/t10-,12+/m0/s1. The van der Waals surface area contributed by atoms with Gasteiger partial charge in [0.05, 0.1) is 17.2 Å². The van der Waals surface area contributed by atoms with Crippen LogP contribution in [0.15, 0.2) is 41.5 Å². The van der Waals surface area contributed by atoms with E-state index in [-0.39, 0.29) is 23.7 Å². The van der Waals surface area contributed by atoms with Crippen molar-refractivity contribution in [3.05, 3.63) is 47.0 Å². The predicted molar refractivity (Wildman–Crippen MR) is 91.6 cm³/mol. The molecule has 0 aliphatic heterocycles. The highest BCUT2D eigenvalue weighted by Gasteiger charge is 2.43. The third kappa shape index (κ3) is 2.82. The summed E-state index contributed by atoms with van der Waals surface area (Å²) in [5.41, 5.74) is 6.50. The second-order valence-corrected chi connectivity index (χ2v) is 5.94. The number of fused-ring (bicyclic) bond motifs is 1. The zero-order valence-electron chi connectivity index (χ0n) is 13.0. The first-order chi connectivity index (χ1) is 12.0. The monoisotopic (exact) mass is 339 g/mol. The number of carbonyl (C=O) groups excluding carboxylic acids is 1. The topological polar surface area (TPSA) is 114 Å². The van der Waals surface area contributed by atoms with Crippen LogP contribution in [0.5, 0.6) is 0 Å². The zero-order chi connectivity index (χ0) is 17.6. The highest BCUT2D eigenvalue weighted by atomic mass is 19.1. The van der Waals surface area contributed by atoms with Crippen LogP contribution >= 0.6 is 0 Å². The average molecular weight is 339 g/mol. The normalized spacial score (nSPS) is 18.9. The number of H-pyrrole nitrogens is 1. The lowest BCUT2D eigenvalue weighted by molar-refractivity contribution is -0.117. The first kappa shape index (κ1) is 15.3. The van der Waals surface area contributed by atoms with Crippen LogP contribution in [0.2, 0.25) is 0 Å². The highest BCUT2D eigenvalue weighted by molar-refractivity contribution is 5.98. The second kappa shape index (κ2) is 5.66. The quantitative estimate of drug-likeness (QED) is 0.674. The lowest BCUT2D eigenvalue weighted by Gasteiger charge is -2.08. The van der Waals surface area contributed by atoms with Crippen LogP contribution in [-0.4, -0.2) is 27.0 Å². The number of nitrogen functional groups attached to an aromatic ring is 1. The molecule has 7 nitrogen and oxygen atoms in total. The SMILES string of the molecule is Nc1nc(-c2ccc[nH]c2=O)cc2cc(NC(=O)[C@H]3C[C@H]3F)ncc12. The van der Waals surface area contributed by atoms with Gasteiger partial charge in [0.2, 0.25) is 5.91 Å². The number of aromatic nitrogens is 3. The molecule has 0 saturated heterocycles. The molecule has 126 valence electrons. The molecule has 1 aliphatic carbocycles. The minimum atomic E-state index is -1.07. The molecular formula is C17H14FN5O2. The molecule has 2 atom stereocenters. The molecule has 0 aromatic carbocycles. The third-order valence-electron chi connectivity index (χ3n) is 4.14. The minimum Gasteiger partial charge on any atom is -0.383 e. The molecule has 1 saturated carbocycles. The van der Waals surface area contributed by atoms with Gasteiger partial charge in [0, 0.05) is 17.8 Å². The van der Waals surface area contributed by atoms with Crippen molar-refractivity contribution in [3.8, 4) is 11.3 Å². The van der Waals surface area contributed by atoms with E-state index in [9.17, 15) is 14.0 Å². The Kier molecular flexibility index (Phi) is 3.45. The van der Waals surface area contributed by atoms with Gasteiger partial charge in [-0.1, -0.05) is 0 Å². The number of nitrogens with two attached hydrogens (primary N) is 1. The number of aromatic amines is 1. The van der Waals surface area contributed by atoms with Crippen molar-refractivity contribution in [1.82, 2.24) is 15.0 Å². The Morgan fingerprint density at radius 3 is 2.92 bits per heavy atom. The molecular weight excluding hydrogens is 325 g/mol. The van der Waals surface area contributed by atoms with Gasteiger partial charge < -0.3 is 16.0 Å². The van der Waals surface area contributed by atoms with Crippen molar-refractivity contribution in [2.24, 2.45) is 5.92 Å². The highest BCUT2D eigenvalue weighted by Crippen LogP contribution is 2.35. The van der Waals surface area contributed by atoms with Gasteiger partial charge in [-0.2, -0.15) is 0 Å². The minimum absolute atomic E-state index is 0.229. The molecule has 3 aromatic heterocycles.